The molecule has 0 aliphatic rings. The van der Waals surface area contributed by atoms with E-state index in [1.807, 2.05) is 54.6 Å². The van der Waals surface area contributed by atoms with Gasteiger partial charge in [0.2, 0.25) is 0 Å². The van der Waals surface area contributed by atoms with Gasteiger partial charge in [-0.3, -0.25) is 4.74 Å². The summed E-state index contributed by atoms with van der Waals surface area (Å²) >= 11 is 0. The van der Waals surface area contributed by atoms with Crippen molar-refractivity contribution in [2.24, 2.45) is 4.74 Å². The van der Waals surface area contributed by atoms with Gasteiger partial charge in [0, 0.05) is 33.9 Å². The number of aromatic hydroxyl groups is 2. The van der Waals surface area contributed by atoms with E-state index in [1.54, 1.807) is 14.2 Å². The molecule has 0 atom stereocenters. The van der Waals surface area contributed by atoms with E-state index in [2.05, 4.69) is 62.3 Å². The molecule has 3 aromatic carbocycles. The quantitative estimate of drug-likeness (QED) is 0.324. The van der Waals surface area contributed by atoms with E-state index in [1.165, 1.54) is 0 Å². The molecule has 0 aromatic heterocycles. The van der Waals surface area contributed by atoms with Gasteiger partial charge in [-0.05, 0) is 47.2 Å². The molecule has 0 heterocycles. The highest BCUT2D eigenvalue weighted by Crippen LogP contribution is 2.64. The normalized spacial score (nSPS) is 12.8. The highest BCUT2D eigenvalue weighted by Gasteiger charge is 2.44. The van der Waals surface area contributed by atoms with Gasteiger partial charge in [-0.15, -0.1) is 0 Å². The molecule has 5 nitrogen and oxygen atoms in total. The molecular formula is C32H44NO4P. The third-order valence-electron chi connectivity index (χ3n) is 6.90. The van der Waals surface area contributed by atoms with Crippen LogP contribution in [-0.4, -0.2) is 29.6 Å². The summed E-state index contributed by atoms with van der Waals surface area (Å²) in [7, 11) is 0.278. The maximum Gasteiger partial charge on any atom is 0.129 e. The van der Waals surface area contributed by atoms with Gasteiger partial charge in [0.05, 0.1) is 19.9 Å². The average Bonchev–Trinajstić information content (AvgIpc) is 2.81. The van der Waals surface area contributed by atoms with Crippen molar-refractivity contribution in [2.75, 3.05) is 14.2 Å². The SMILES string of the molecule is COc1cc(C(C)(C)C)c(O)c(P(=Nc2ccccc2)(c2cc(OC)cc(C(C)(C)C)c2O)C(C)(C)C)c1. The molecule has 3 rings (SSSR count). The molecule has 0 unspecified atom stereocenters. The second kappa shape index (κ2) is 10.3. The van der Waals surface area contributed by atoms with E-state index in [0.29, 0.717) is 22.1 Å². The Bertz CT molecular complexity index is 1280. The Labute approximate surface area is 228 Å². The number of ether oxygens (including phenoxy) is 2. The summed E-state index contributed by atoms with van der Waals surface area (Å²) in [6, 6.07) is 17.4. The molecule has 0 bridgehead atoms. The molecule has 0 aliphatic carbocycles. The van der Waals surface area contributed by atoms with Gasteiger partial charge >= 0.3 is 0 Å². The molecule has 0 aliphatic heterocycles. The van der Waals surface area contributed by atoms with E-state index >= 15 is 0 Å². The van der Waals surface area contributed by atoms with Crippen LogP contribution in [0.25, 0.3) is 0 Å². The van der Waals surface area contributed by atoms with E-state index in [0.717, 1.165) is 16.8 Å². The van der Waals surface area contributed by atoms with Crippen LogP contribution in [0.15, 0.2) is 59.3 Å². The van der Waals surface area contributed by atoms with Crippen LogP contribution in [0.3, 0.4) is 0 Å². The first-order valence-electron chi connectivity index (χ1n) is 13.0. The maximum atomic E-state index is 12.0. The zero-order valence-electron chi connectivity index (χ0n) is 24.8. The topological polar surface area (TPSA) is 71.3 Å². The van der Waals surface area contributed by atoms with Crippen molar-refractivity contribution in [1.29, 1.82) is 0 Å². The molecule has 0 saturated carbocycles. The molecule has 2 N–H and O–H groups in total. The highest BCUT2D eigenvalue weighted by molar-refractivity contribution is 7.82. The number of rotatable bonds is 5. The summed E-state index contributed by atoms with van der Waals surface area (Å²) in [6.07, 6.45) is 0. The summed E-state index contributed by atoms with van der Waals surface area (Å²) in [5.41, 5.74) is 1.58. The molecule has 0 spiro atoms. The molecular weight excluding hydrogens is 493 g/mol. The van der Waals surface area contributed by atoms with Gasteiger partial charge in [0.1, 0.15) is 23.0 Å². The Kier molecular flexibility index (Phi) is 8.06. The van der Waals surface area contributed by atoms with Gasteiger partial charge < -0.3 is 19.7 Å². The lowest BCUT2D eigenvalue weighted by Crippen LogP contribution is -2.33. The van der Waals surface area contributed by atoms with Crippen LogP contribution < -0.4 is 20.1 Å². The second-order valence-corrected chi connectivity index (χ2v) is 16.6. The standard InChI is InChI=1S/C32H44NO4P/c1-30(2,3)24-17-22(36-10)19-26(28(24)34)38(32(7,8)9,33-21-15-13-12-14-16-21)27-20-23(37-11)18-25(29(27)35)31(4,5)6/h12-20,34-35H,1-11H3. The predicted molar refractivity (Wildman–Crippen MR) is 161 cm³/mol. The first kappa shape index (κ1) is 29.6. The molecule has 3 aromatic rings. The van der Waals surface area contributed by atoms with Crippen LogP contribution in [0.4, 0.5) is 5.69 Å². The van der Waals surface area contributed by atoms with E-state index < -0.39 is 12.2 Å². The van der Waals surface area contributed by atoms with Crippen molar-refractivity contribution in [2.45, 2.75) is 78.3 Å². The number of methoxy groups -OCH3 is 2. The first-order valence-corrected chi connectivity index (χ1v) is 14.7. The summed E-state index contributed by atoms with van der Waals surface area (Å²) in [5.74, 6) is 1.64. The fraction of sp³-hybridized carbons (Fsp3) is 0.438. The van der Waals surface area contributed by atoms with Crippen LogP contribution in [-0.2, 0) is 10.8 Å². The minimum Gasteiger partial charge on any atom is -0.507 e. The van der Waals surface area contributed by atoms with Crippen molar-refractivity contribution < 1.29 is 19.7 Å². The molecule has 6 heteroatoms. The fourth-order valence-electron chi connectivity index (χ4n) is 4.84. The molecule has 0 fully saturated rings. The Morgan fingerprint density at radius 1 is 0.632 bits per heavy atom. The lowest BCUT2D eigenvalue weighted by molar-refractivity contribution is 0.406. The van der Waals surface area contributed by atoms with Crippen molar-refractivity contribution in [3.8, 4) is 23.0 Å². The Hall–Kier alpha value is -2.91. The summed E-state index contributed by atoms with van der Waals surface area (Å²) in [5, 5.41) is 24.9. The smallest absolute Gasteiger partial charge is 0.129 e. The van der Waals surface area contributed by atoms with Crippen LogP contribution in [0.2, 0.25) is 0 Å². The number of phenolic OH excluding ortho intramolecular Hbond substituents is 2. The van der Waals surface area contributed by atoms with Crippen LogP contribution in [0, 0.1) is 0 Å². The molecule has 38 heavy (non-hydrogen) atoms. The monoisotopic (exact) mass is 537 g/mol. The number of phenols is 2. The minimum absolute atomic E-state index is 0.181. The Morgan fingerprint density at radius 3 is 1.34 bits per heavy atom. The van der Waals surface area contributed by atoms with Gasteiger partial charge in [0.25, 0.3) is 0 Å². The summed E-state index contributed by atoms with van der Waals surface area (Å²) in [6.45, 7) is 18.8. The third-order valence-corrected chi connectivity index (χ3v) is 11.5. The summed E-state index contributed by atoms with van der Waals surface area (Å²) in [4.78, 5) is 0. The molecule has 0 saturated heterocycles. The lowest BCUT2D eigenvalue weighted by Gasteiger charge is -2.40. The van der Waals surface area contributed by atoms with Gasteiger partial charge in [-0.2, -0.15) is 0 Å². The van der Waals surface area contributed by atoms with Gasteiger partial charge in [-0.25, -0.2) is 0 Å². The van der Waals surface area contributed by atoms with Crippen LogP contribution in [0.1, 0.15) is 73.4 Å². The zero-order chi connectivity index (χ0) is 28.7. The summed E-state index contributed by atoms with van der Waals surface area (Å²) < 4.78 is 17.0. The largest absolute Gasteiger partial charge is 0.507 e. The Balaban J connectivity index is 2.73. The number of benzene rings is 3. The van der Waals surface area contributed by atoms with E-state index in [9.17, 15) is 10.2 Å². The van der Waals surface area contributed by atoms with Crippen molar-refractivity contribution in [3.05, 3.63) is 65.7 Å². The minimum atomic E-state index is -2.99. The third kappa shape index (κ3) is 5.45. The van der Waals surface area contributed by atoms with Gasteiger partial charge in [0.15, 0.2) is 0 Å². The van der Waals surface area contributed by atoms with Crippen LogP contribution in [0.5, 0.6) is 23.0 Å². The second-order valence-electron chi connectivity index (χ2n) is 12.8. The molecule has 0 radical (unpaired) electrons. The first-order chi connectivity index (χ1) is 17.5. The van der Waals surface area contributed by atoms with Crippen molar-refractivity contribution in [3.63, 3.8) is 0 Å². The number of hydrogen-bond acceptors (Lipinski definition) is 5. The van der Waals surface area contributed by atoms with Crippen LogP contribution >= 0.6 is 7.05 Å². The lowest BCUT2D eigenvalue weighted by atomic mass is 9.86. The number of hydrogen-bond donors (Lipinski definition) is 2. The Morgan fingerprint density at radius 2 is 1.03 bits per heavy atom. The zero-order valence-corrected chi connectivity index (χ0v) is 25.7. The maximum absolute atomic E-state index is 12.0. The highest BCUT2D eigenvalue weighted by atomic mass is 31.2. The van der Waals surface area contributed by atoms with E-state index in [-0.39, 0.29) is 22.3 Å². The fourth-order valence-corrected chi connectivity index (χ4v) is 9.02. The van der Waals surface area contributed by atoms with E-state index in [4.69, 9.17) is 14.2 Å². The average molecular weight is 538 g/mol. The number of nitrogens with zero attached hydrogens (tertiary/aromatic N) is 1. The molecule has 0 amide bonds. The van der Waals surface area contributed by atoms with Crippen molar-refractivity contribution in [1.82, 2.24) is 0 Å². The van der Waals surface area contributed by atoms with Crippen molar-refractivity contribution >= 4 is 23.4 Å². The predicted octanol–water partition coefficient (Wildman–Crippen LogP) is 7.99. The van der Waals surface area contributed by atoms with Gasteiger partial charge in [-0.1, -0.05) is 80.5 Å². The molecule has 206 valence electrons.